The van der Waals surface area contributed by atoms with Crippen LogP contribution in [0.2, 0.25) is 0 Å². The minimum Gasteiger partial charge on any atom is -0.338 e. The average molecular weight is 398 g/mol. The number of halogens is 1. The first-order valence-electron chi connectivity index (χ1n) is 8.12. The van der Waals surface area contributed by atoms with Gasteiger partial charge in [0.2, 0.25) is 5.95 Å². The zero-order valence-corrected chi connectivity index (χ0v) is 16.0. The summed E-state index contributed by atoms with van der Waals surface area (Å²) in [5.41, 5.74) is 4.39. The molecule has 0 spiro atoms. The number of aryl methyl sites for hydroxylation is 1. The molecule has 0 unspecified atom stereocenters. The number of hydrogen-bond acceptors (Lipinski definition) is 5. The van der Waals surface area contributed by atoms with Crippen LogP contribution in [0.3, 0.4) is 0 Å². The monoisotopic (exact) mass is 397 g/mol. The van der Waals surface area contributed by atoms with Gasteiger partial charge in [-0.05, 0) is 42.2 Å². The fraction of sp³-hybridized carbons (Fsp3) is 0.211. The minimum atomic E-state index is 0.413. The smallest absolute Gasteiger partial charge is 0.249 e. The van der Waals surface area contributed by atoms with Crippen molar-refractivity contribution in [1.82, 2.24) is 15.2 Å². The zero-order valence-electron chi connectivity index (χ0n) is 14.4. The number of anilines is 4. The van der Waals surface area contributed by atoms with Gasteiger partial charge < -0.3 is 10.6 Å². The standard InChI is InChI=1S/C19H20BrN5/c1-12(2)16-9-4-6-13(3)18(16)23-17-11-21-25-19(24-17)22-15-8-5-7-14(20)10-15/h4-12H,1-3H3,(H2,22,23,24,25). The topological polar surface area (TPSA) is 62.7 Å². The van der Waals surface area contributed by atoms with Crippen LogP contribution < -0.4 is 10.6 Å². The highest BCUT2D eigenvalue weighted by atomic mass is 79.9. The summed E-state index contributed by atoms with van der Waals surface area (Å²) in [7, 11) is 0. The van der Waals surface area contributed by atoms with Crippen molar-refractivity contribution in [2.24, 2.45) is 0 Å². The average Bonchev–Trinajstić information content (AvgIpc) is 2.57. The minimum absolute atomic E-state index is 0.413. The van der Waals surface area contributed by atoms with Gasteiger partial charge in [0.1, 0.15) is 0 Å². The third kappa shape index (κ3) is 4.33. The summed E-state index contributed by atoms with van der Waals surface area (Å²) in [6.45, 7) is 6.44. The highest BCUT2D eigenvalue weighted by molar-refractivity contribution is 9.10. The van der Waals surface area contributed by atoms with Gasteiger partial charge in [0.25, 0.3) is 0 Å². The first kappa shape index (κ1) is 17.4. The van der Waals surface area contributed by atoms with Crippen LogP contribution in [0.15, 0.2) is 53.1 Å². The van der Waals surface area contributed by atoms with Gasteiger partial charge >= 0.3 is 0 Å². The van der Waals surface area contributed by atoms with Crippen molar-refractivity contribution >= 4 is 39.1 Å². The second kappa shape index (κ2) is 7.61. The quantitative estimate of drug-likeness (QED) is 0.590. The van der Waals surface area contributed by atoms with Crippen LogP contribution in [-0.4, -0.2) is 15.2 Å². The third-order valence-corrected chi connectivity index (χ3v) is 4.31. The zero-order chi connectivity index (χ0) is 17.8. The van der Waals surface area contributed by atoms with E-state index in [0.717, 1.165) is 15.8 Å². The van der Waals surface area contributed by atoms with Crippen molar-refractivity contribution in [2.75, 3.05) is 10.6 Å². The lowest BCUT2D eigenvalue weighted by Gasteiger charge is -2.16. The summed E-state index contributed by atoms with van der Waals surface area (Å²) in [6, 6.07) is 14.1. The van der Waals surface area contributed by atoms with Gasteiger partial charge in [-0.15, -0.1) is 5.10 Å². The van der Waals surface area contributed by atoms with E-state index in [-0.39, 0.29) is 0 Å². The lowest BCUT2D eigenvalue weighted by molar-refractivity contribution is 0.866. The van der Waals surface area contributed by atoms with Crippen LogP contribution in [0.5, 0.6) is 0 Å². The molecular formula is C19H20BrN5. The van der Waals surface area contributed by atoms with Crippen LogP contribution in [0.4, 0.5) is 23.1 Å². The molecule has 128 valence electrons. The molecule has 2 N–H and O–H groups in total. The summed E-state index contributed by atoms with van der Waals surface area (Å²) >= 11 is 3.45. The maximum absolute atomic E-state index is 4.52. The van der Waals surface area contributed by atoms with E-state index in [4.69, 9.17) is 0 Å². The molecule has 0 radical (unpaired) electrons. The summed E-state index contributed by atoms with van der Waals surface area (Å²) in [5, 5.41) is 14.7. The Morgan fingerprint density at radius 2 is 1.84 bits per heavy atom. The molecule has 1 aromatic heterocycles. The van der Waals surface area contributed by atoms with Crippen molar-refractivity contribution in [3.05, 3.63) is 64.3 Å². The number of hydrogen-bond donors (Lipinski definition) is 2. The second-order valence-electron chi connectivity index (χ2n) is 6.12. The van der Waals surface area contributed by atoms with Crippen molar-refractivity contribution < 1.29 is 0 Å². The number of para-hydroxylation sites is 1. The largest absolute Gasteiger partial charge is 0.338 e. The lowest BCUT2D eigenvalue weighted by atomic mass is 9.98. The Labute approximate surface area is 156 Å². The molecule has 3 rings (SSSR count). The molecule has 0 fully saturated rings. The number of nitrogens with zero attached hydrogens (tertiary/aromatic N) is 3. The van der Waals surface area contributed by atoms with Crippen molar-refractivity contribution in [1.29, 1.82) is 0 Å². The molecule has 2 aromatic carbocycles. The van der Waals surface area contributed by atoms with Crippen LogP contribution in [0.25, 0.3) is 0 Å². The van der Waals surface area contributed by atoms with Gasteiger partial charge in [-0.1, -0.05) is 54.0 Å². The van der Waals surface area contributed by atoms with Crippen molar-refractivity contribution in [3.63, 3.8) is 0 Å². The van der Waals surface area contributed by atoms with E-state index in [0.29, 0.717) is 17.7 Å². The van der Waals surface area contributed by atoms with Crippen molar-refractivity contribution in [2.45, 2.75) is 26.7 Å². The molecule has 0 aliphatic rings. The van der Waals surface area contributed by atoms with E-state index in [1.807, 2.05) is 24.3 Å². The summed E-state index contributed by atoms with van der Waals surface area (Å²) in [5.74, 6) is 1.52. The second-order valence-corrected chi connectivity index (χ2v) is 7.04. The summed E-state index contributed by atoms with van der Waals surface area (Å²) in [4.78, 5) is 4.52. The Balaban J connectivity index is 1.86. The van der Waals surface area contributed by atoms with Crippen LogP contribution >= 0.6 is 15.9 Å². The Kier molecular flexibility index (Phi) is 5.28. The lowest BCUT2D eigenvalue weighted by Crippen LogP contribution is -2.05. The number of aromatic nitrogens is 3. The molecular weight excluding hydrogens is 378 g/mol. The van der Waals surface area contributed by atoms with E-state index >= 15 is 0 Å². The Morgan fingerprint density at radius 3 is 2.60 bits per heavy atom. The van der Waals surface area contributed by atoms with E-state index in [9.17, 15) is 0 Å². The maximum Gasteiger partial charge on any atom is 0.249 e. The van der Waals surface area contributed by atoms with Crippen LogP contribution in [0.1, 0.15) is 30.9 Å². The van der Waals surface area contributed by atoms with Gasteiger partial charge in [-0.3, -0.25) is 0 Å². The molecule has 3 aromatic rings. The molecule has 5 nitrogen and oxygen atoms in total. The normalized spacial score (nSPS) is 10.8. The van der Waals surface area contributed by atoms with Crippen LogP contribution in [-0.2, 0) is 0 Å². The number of nitrogens with one attached hydrogen (secondary N) is 2. The highest BCUT2D eigenvalue weighted by Crippen LogP contribution is 2.29. The van der Waals surface area contributed by atoms with Gasteiger partial charge in [0.15, 0.2) is 5.82 Å². The third-order valence-electron chi connectivity index (χ3n) is 3.82. The molecule has 0 aliphatic carbocycles. The number of rotatable bonds is 5. The Bertz CT molecular complexity index is 879. The fourth-order valence-electron chi connectivity index (χ4n) is 2.58. The van der Waals surface area contributed by atoms with Gasteiger partial charge in [0, 0.05) is 15.8 Å². The number of benzene rings is 2. The molecule has 0 atom stereocenters. The van der Waals surface area contributed by atoms with E-state index in [1.54, 1.807) is 6.20 Å². The molecule has 1 heterocycles. The van der Waals surface area contributed by atoms with Gasteiger partial charge in [-0.2, -0.15) is 10.1 Å². The maximum atomic E-state index is 4.52. The molecule has 25 heavy (non-hydrogen) atoms. The van der Waals surface area contributed by atoms with Crippen LogP contribution in [0, 0.1) is 6.92 Å². The predicted octanol–water partition coefficient (Wildman–Crippen LogP) is 5.55. The predicted molar refractivity (Wildman–Crippen MR) is 106 cm³/mol. The van der Waals surface area contributed by atoms with Gasteiger partial charge in [-0.25, -0.2) is 0 Å². The van der Waals surface area contributed by atoms with E-state index in [2.05, 4.69) is 80.7 Å². The van der Waals surface area contributed by atoms with Gasteiger partial charge in [0.05, 0.1) is 6.20 Å². The molecule has 0 saturated heterocycles. The molecule has 0 amide bonds. The summed E-state index contributed by atoms with van der Waals surface area (Å²) in [6.07, 6.45) is 1.63. The Hall–Kier alpha value is -2.47. The first-order chi connectivity index (χ1) is 12.0. The SMILES string of the molecule is Cc1cccc(C(C)C)c1Nc1cnnc(Nc2cccc(Br)c2)n1. The fourth-order valence-corrected chi connectivity index (χ4v) is 2.98. The molecule has 0 bridgehead atoms. The molecule has 6 heteroatoms. The van der Waals surface area contributed by atoms with E-state index < -0.39 is 0 Å². The Morgan fingerprint density at radius 1 is 1.04 bits per heavy atom. The first-order valence-corrected chi connectivity index (χ1v) is 8.91. The molecule has 0 aliphatic heterocycles. The summed E-state index contributed by atoms with van der Waals surface area (Å²) < 4.78 is 0.987. The highest BCUT2D eigenvalue weighted by Gasteiger charge is 2.10. The van der Waals surface area contributed by atoms with Crippen molar-refractivity contribution in [3.8, 4) is 0 Å². The van der Waals surface area contributed by atoms with E-state index in [1.165, 1.54) is 11.1 Å². The molecule has 0 saturated carbocycles.